The van der Waals surface area contributed by atoms with E-state index in [0.29, 0.717) is 6.54 Å². The van der Waals surface area contributed by atoms with Crippen LogP contribution in [-0.4, -0.2) is 34.1 Å². The number of aliphatic hydroxyl groups is 1. The number of benzene rings is 1. The second-order valence-electron chi connectivity index (χ2n) is 6.28. The fourth-order valence-electron chi connectivity index (χ4n) is 3.23. The zero-order valence-corrected chi connectivity index (χ0v) is 14.0. The van der Waals surface area contributed by atoms with Gasteiger partial charge < -0.3 is 15.2 Å². The van der Waals surface area contributed by atoms with Crippen molar-refractivity contribution in [2.24, 2.45) is 7.05 Å². The van der Waals surface area contributed by atoms with E-state index in [9.17, 15) is 5.11 Å². The Labute approximate surface area is 137 Å². The van der Waals surface area contributed by atoms with Gasteiger partial charge in [0.2, 0.25) is 0 Å². The SMILES string of the molecule is Cc1ccccc1[C@H](O)CN[C@H]1CCO[C@@H]1c1cnn(C)c1C. The number of aryl methyl sites for hydroxylation is 2. The summed E-state index contributed by atoms with van der Waals surface area (Å²) in [5.74, 6) is 0. The standard InChI is InChI=1S/C18H25N3O2/c1-12-6-4-5-7-14(12)17(22)11-19-16-8-9-23-18(16)15-10-20-21(3)13(15)2/h4-7,10,16-19,22H,8-9,11H2,1-3H3/t16-,17+,18+/m0/s1. The van der Waals surface area contributed by atoms with Crippen molar-refractivity contribution in [3.63, 3.8) is 0 Å². The molecule has 23 heavy (non-hydrogen) atoms. The van der Waals surface area contributed by atoms with Crippen LogP contribution in [0.1, 0.15) is 41.0 Å². The van der Waals surface area contributed by atoms with Gasteiger partial charge in [-0.3, -0.25) is 4.68 Å². The van der Waals surface area contributed by atoms with Gasteiger partial charge in [0.05, 0.1) is 12.3 Å². The largest absolute Gasteiger partial charge is 0.387 e. The third-order valence-corrected chi connectivity index (χ3v) is 4.79. The molecular weight excluding hydrogens is 290 g/mol. The lowest BCUT2D eigenvalue weighted by Gasteiger charge is -2.22. The number of rotatable bonds is 5. The van der Waals surface area contributed by atoms with Gasteiger partial charge in [-0.15, -0.1) is 0 Å². The molecule has 0 radical (unpaired) electrons. The maximum atomic E-state index is 10.5. The van der Waals surface area contributed by atoms with E-state index in [-0.39, 0.29) is 12.1 Å². The van der Waals surface area contributed by atoms with Gasteiger partial charge in [0.25, 0.3) is 0 Å². The van der Waals surface area contributed by atoms with Crippen molar-refractivity contribution in [3.05, 3.63) is 52.8 Å². The summed E-state index contributed by atoms with van der Waals surface area (Å²) in [5.41, 5.74) is 4.35. The molecule has 0 bridgehead atoms. The van der Waals surface area contributed by atoms with Crippen LogP contribution in [0.5, 0.6) is 0 Å². The highest BCUT2D eigenvalue weighted by Crippen LogP contribution is 2.31. The van der Waals surface area contributed by atoms with Crippen molar-refractivity contribution < 1.29 is 9.84 Å². The molecule has 1 saturated heterocycles. The van der Waals surface area contributed by atoms with Gasteiger partial charge >= 0.3 is 0 Å². The molecular formula is C18H25N3O2. The monoisotopic (exact) mass is 315 g/mol. The van der Waals surface area contributed by atoms with Crippen LogP contribution in [0.2, 0.25) is 0 Å². The van der Waals surface area contributed by atoms with Gasteiger partial charge in [0, 0.05) is 37.5 Å². The Bertz CT molecular complexity index is 668. The fraction of sp³-hybridized carbons (Fsp3) is 0.500. The first-order valence-corrected chi connectivity index (χ1v) is 8.15. The molecule has 0 spiro atoms. The molecule has 124 valence electrons. The van der Waals surface area contributed by atoms with E-state index in [1.807, 2.05) is 49.1 Å². The lowest BCUT2D eigenvalue weighted by atomic mass is 10.0. The molecule has 0 unspecified atom stereocenters. The summed E-state index contributed by atoms with van der Waals surface area (Å²) >= 11 is 0. The van der Waals surface area contributed by atoms with Crippen LogP contribution in [-0.2, 0) is 11.8 Å². The predicted molar refractivity (Wildman–Crippen MR) is 89.2 cm³/mol. The Balaban J connectivity index is 1.65. The van der Waals surface area contributed by atoms with Gasteiger partial charge in [-0.25, -0.2) is 0 Å². The van der Waals surface area contributed by atoms with Crippen LogP contribution >= 0.6 is 0 Å². The van der Waals surface area contributed by atoms with Crippen molar-refractivity contribution in [2.45, 2.75) is 38.5 Å². The summed E-state index contributed by atoms with van der Waals surface area (Å²) in [4.78, 5) is 0. The maximum absolute atomic E-state index is 10.5. The van der Waals surface area contributed by atoms with Gasteiger partial charge in [0.15, 0.2) is 0 Å². The minimum atomic E-state index is -0.507. The van der Waals surface area contributed by atoms with E-state index in [4.69, 9.17) is 4.74 Å². The third kappa shape index (κ3) is 3.32. The highest BCUT2D eigenvalue weighted by atomic mass is 16.5. The van der Waals surface area contributed by atoms with Crippen molar-refractivity contribution in [3.8, 4) is 0 Å². The molecule has 3 atom stereocenters. The molecule has 2 heterocycles. The zero-order valence-electron chi connectivity index (χ0n) is 14.0. The molecule has 1 aliphatic heterocycles. The highest BCUT2D eigenvalue weighted by molar-refractivity contribution is 5.28. The summed E-state index contributed by atoms with van der Waals surface area (Å²) < 4.78 is 7.78. The third-order valence-electron chi connectivity index (χ3n) is 4.79. The first kappa shape index (κ1) is 16.2. The normalized spacial score (nSPS) is 22.4. The van der Waals surface area contributed by atoms with E-state index >= 15 is 0 Å². The van der Waals surface area contributed by atoms with E-state index < -0.39 is 6.10 Å². The van der Waals surface area contributed by atoms with Gasteiger partial charge in [-0.1, -0.05) is 24.3 Å². The molecule has 0 amide bonds. The van der Waals surface area contributed by atoms with Crippen LogP contribution < -0.4 is 5.32 Å². The summed E-state index contributed by atoms with van der Waals surface area (Å²) in [6, 6.07) is 8.17. The molecule has 1 aromatic heterocycles. The highest BCUT2D eigenvalue weighted by Gasteiger charge is 2.32. The number of hydrogen-bond acceptors (Lipinski definition) is 4. The predicted octanol–water partition coefficient (Wildman–Crippen LogP) is 2.19. The molecule has 1 aliphatic rings. The van der Waals surface area contributed by atoms with Gasteiger partial charge in [-0.2, -0.15) is 5.10 Å². The topological polar surface area (TPSA) is 59.3 Å². The Kier molecular flexibility index (Phi) is 4.80. The van der Waals surface area contributed by atoms with Crippen molar-refractivity contribution in [1.29, 1.82) is 0 Å². The van der Waals surface area contributed by atoms with Crippen LogP contribution in [0, 0.1) is 13.8 Å². The van der Waals surface area contributed by atoms with Crippen LogP contribution in [0.15, 0.2) is 30.5 Å². The van der Waals surface area contributed by atoms with Crippen molar-refractivity contribution >= 4 is 0 Å². The molecule has 0 saturated carbocycles. The van der Waals surface area contributed by atoms with E-state index in [1.165, 1.54) is 0 Å². The van der Waals surface area contributed by atoms with Crippen molar-refractivity contribution in [1.82, 2.24) is 15.1 Å². The first-order valence-electron chi connectivity index (χ1n) is 8.15. The average Bonchev–Trinajstić information content (AvgIpc) is 3.13. The molecule has 2 aromatic rings. The summed E-state index contributed by atoms with van der Waals surface area (Å²) in [5, 5.41) is 18.2. The van der Waals surface area contributed by atoms with E-state index in [0.717, 1.165) is 35.4 Å². The molecule has 0 aliphatic carbocycles. The first-order chi connectivity index (χ1) is 11.1. The van der Waals surface area contributed by atoms with E-state index in [2.05, 4.69) is 17.3 Å². The number of ether oxygens (including phenoxy) is 1. The number of nitrogens with one attached hydrogen (secondary N) is 1. The molecule has 3 rings (SSSR count). The van der Waals surface area contributed by atoms with Crippen LogP contribution in [0.25, 0.3) is 0 Å². The molecule has 5 heteroatoms. The van der Waals surface area contributed by atoms with Crippen LogP contribution in [0.4, 0.5) is 0 Å². The second-order valence-corrected chi connectivity index (χ2v) is 6.28. The Morgan fingerprint density at radius 2 is 2.17 bits per heavy atom. The summed E-state index contributed by atoms with van der Waals surface area (Å²) in [6.45, 7) is 5.34. The molecule has 1 aromatic carbocycles. The smallest absolute Gasteiger partial charge is 0.101 e. The Morgan fingerprint density at radius 3 is 2.87 bits per heavy atom. The van der Waals surface area contributed by atoms with Gasteiger partial charge in [-0.05, 0) is 31.4 Å². The Hall–Kier alpha value is -1.69. The average molecular weight is 315 g/mol. The zero-order chi connectivity index (χ0) is 16.4. The van der Waals surface area contributed by atoms with E-state index in [1.54, 1.807) is 0 Å². The summed E-state index contributed by atoms with van der Waals surface area (Å²) in [7, 11) is 1.94. The number of nitrogens with zero attached hydrogens (tertiary/aromatic N) is 2. The lowest BCUT2D eigenvalue weighted by molar-refractivity contribution is 0.0929. The quantitative estimate of drug-likeness (QED) is 0.888. The second kappa shape index (κ2) is 6.83. The number of aliphatic hydroxyl groups excluding tert-OH is 1. The number of aromatic nitrogens is 2. The molecule has 2 N–H and O–H groups in total. The minimum Gasteiger partial charge on any atom is -0.387 e. The molecule has 1 fully saturated rings. The lowest BCUT2D eigenvalue weighted by Crippen LogP contribution is -2.35. The fourth-order valence-corrected chi connectivity index (χ4v) is 3.23. The molecule has 5 nitrogen and oxygen atoms in total. The number of hydrogen-bond donors (Lipinski definition) is 2. The van der Waals surface area contributed by atoms with Crippen LogP contribution in [0.3, 0.4) is 0 Å². The minimum absolute atomic E-state index is 0.00719. The summed E-state index contributed by atoms with van der Waals surface area (Å²) in [6.07, 6.45) is 2.33. The Morgan fingerprint density at radius 1 is 1.39 bits per heavy atom. The maximum Gasteiger partial charge on any atom is 0.101 e. The van der Waals surface area contributed by atoms with Gasteiger partial charge in [0.1, 0.15) is 6.10 Å². The van der Waals surface area contributed by atoms with Crippen molar-refractivity contribution in [2.75, 3.05) is 13.2 Å².